The van der Waals surface area contributed by atoms with Gasteiger partial charge in [0.1, 0.15) is 11.9 Å². The van der Waals surface area contributed by atoms with E-state index >= 15 is 0 Å². The summed E-state index contributed by atoms with van der Waals surface area (Å²) in [6.07, 6.45) is 2.44. The van der Waals surface area contributed by atoms with Crippen molar-refractivity contribution in [1.29, 1.82) is 0 Å². The molecule has 6 N–H and O–H groups in total. The number of carbonyl (C=O) groups is 2. The molecule has 0 radical (unpaired) electrons. The minimum absolute atomic E-state index is 0.0938. The van der Waals surface area contributed by atoms with Crippen molar-refractivity contribution in [3.05, 3.63) is 37.8 Å². The number of nitrogens with two attached hydrogens (primary N) is 1. The van der Waals surface area contributed by atoms with E-state index in [-0.39, 0.29) is 36.4 Å². The average Bonchev–Trinajstić information content (AvgIpc) is 3.15. The van der Waals surface area contributed by atoms with Crippen molar-refractivity contribution >= 4 is 35.0 Å². The number of aromatic nitrogens is 2. The third-order valence-electron chi connectivity index (χ3n) is 5.71. The fourth-order valence-corrected chi connectivity index (χ4v) is 5.02. The standard InChI is InChI=1S/C19H23N5O5S/c20-19-22-15-12(16(26)23-19)5-9(7-21-15)1-2-11-3-4-14(30-11)17(27)24-10(8-25)6-13(24)18(28)29/h3-4,9-10,13,25H,1-2,5-8H2,(H,28,29)(H4,20,21,22,23,26). The van der Waals surface area contributed by atoms with E-state index in [2.05, 4.69) is 15.3 Å². The quantitative estimate of drug-likeness (QED) is 0.434. The summed E-state index contributed by atoms with van der Waals surface area (Å²) >= 11 is 1.34. The van der Waals surface area contributed by atoms with Gasteiger partial charge in [-0.15, -0.1) is 11.3 Å². The molecule has 0 bridgehead atoms. The molecule has 3 unspecified atom stereocenters. The Morgan fingerprint density at radius 2 is 2.17 bits per heavy atom. The van der Waals surface area contributed by atoms with Crippen LogP contribution in [0.15, 0.2) is 16.9 Å². The third-order valence-corrected chi connectivity index (χ3v) is 6.84. The number of nitrogens with zero attached hydrogens (tertiary/aromatic N) is 2. The molecule has 1 fully saturated rings. The van der Waals surface area contributed by atoms with E-state index < -0.39 is 18.1 Å². The van der Waals surface area contributed by atoms with Crippen LogP contribution >= 0.6 is 11.3 Å². The molecular formula is C19H23N5O5S. The lowest BCUT2D eigenvalue weighted by Gasteiger charge is -2.45. The number of nitrogens with one attached hydrogen (secondary N) is 2. The zero-order valence-corrected chi connectivity index (χ0v) is 16.9. The molecule has 0 saturated carbocycles. The largest absolute Gasteiger partial charge is 0.480 e. The SMILES string of the molecule is Nc1nc2c(c(=O)[nH]1)CC(CCc1ccc(C(=O)N3C(CO)CC3C(=O)O)s1)CN2. The molecule has 3 atom stereocenters. The number of hydrogen-bond acceptors (Lipinski definition) is 8. The second-order valence-electron chi connectivity index (χ2n) is 7.67. The first kappa shape index (κ1) is 20.4. The number of anilines is 2. The topological polar surface area (TPSA) is 162 Å². The van der Waals surface area contributed by atoms with Gasteiger partial charge in [-0.1, -0.05) is 0 Å². The molecule has 2 aromatic heterocycles. The second kappa shape index (κ2) is 8.07. The molecule has 0 spiro atoms. The van der Waals surface area contributed by atoms with E-state index in [1.165, 1.54) is 16.2 Å². The lowest BCUT2D eigenvalue weighted by atomic mass is 9.92. The number of rotatable bonds is 6. The van der Waals surface area contributed by atoms with Gasteiger partial charge in [-0.05, 0) is 37.3 Å². The van der Waals surface area contributed by atoms with Crippen LogP contribution in [0.3, 0.4) is 0 Å². The van der Waals surface area contributed by atoms with E-state index in [1.807, 2.05) is 6.07 Å². The van der Waals surface area contributed by atoms with Crippen molar-refractivity contribution in [3.8, 4) is 0 Å². The lowest BCUT2D eigenvalue weighted by Crippen LogP contribution is -2.62. The Morgan fingerprint density at radius 1 is 1.37 bits per heavy atom. The van der Waals surface area contributed by atoms with Gasteiger partial charge in [-0.2, -0.15) is 4.98 Å². The summed E-state index contributed by atoms with van der Waals surface area (Å²) in [6, 6.07) is 2.26. The molecule has 30 heavy (non-hydrogen) atoms. The maximum atomic E-state index is 12.7. The first-order valence-electron chi connectivity index (χ1n) is 9.75. The first-order chi connectivity index (χ1) is 14.4. The van der Waals surface area contributed by atoms with Crippen LogP contribution in [0.2, 0.25) is 0 Å². The van der Waals surface area contributed by atoms with Gasteiger partial charge in [-0.25, -0.2) is 4.79 Å². The first-order valence-corrected chi connectivity index (χ1v) is 10.6. The molecule has 4 rings (SSSR count). The van der Waals surface area contributed by atoms with Crippen LogP contribution < -0.4 is 16.6 Å². The molecule has 1 saturated heterocycles. The lowest BCUT2D eigenvalue weighted by molar-refractivity contribution is -0.150. The fraction of sp³-hybridized carbons (Fsp3) is 0.474. The van der Waals surface area contributed by atoms with Crippen molar-refractivity contribution in [3.63, 3.8) is 0 Å². The smallest absolute Gasteiger partial charge is 0.326 e. The number of aliphatic carboxylic acids is 1. The zero-order valence-electron chi connectivity index (χ0n) is 16.1. The molecule has 2 aromatic rings. The highest BCUT2D eigenvalue weighted by Gasteiger charge is 2.46. The molecule has 160 valence electrons. The highest BCUT2D eigenvalue weighted by Crippen LogP contribution is 2.31. The van der Waals surface area contributed by atoms with Crippen LogP contribution in [0, 0.1) is 5.92 Å². The summed E-state index contributed by atoms with van der Waals surface area (Å²) in [5.74, 6) is -0.530. The van der Waals surface area contributed by atoms with Crippen LogP contribution in [0.1, 0.15) is 33.0 Å². The minimum Gasteiger partial charge on any atom is -0.480 e. The summed E-state index contributed by atoms with van der Waals surface area (Å²) in [6.45, 7) is 0.440. The van der Waals surface area contributed by atoms with Gasteiger partial charge in [0.15, 0.2) is 0 Å². The minimum atomic E-state index is -1.05. The molecule has 0 aromatic carbocycles. The molecule has 4 heterocycles. The van der Waals surface area contributed by atoms with Crippen LogP contribution in [0.4, 0.5) is 11.8 Å². The Hall–Kier alpha value is -2.92. The molecule has 11 heteroatoms. The predicted molar refractivity (Wildman–Crippen MR) is 111 cm³/mol. The van der Waals surface area contributed by atoms with Gasteiger partial charge in [0.2, 0.25) is 5.95 Å². The summed E-state index contributed by atoms with van der Waals surface area (Å²) in [4.78, 5) is 45.5. The predicted octanol–water partition coefficient (Wildman–Crippen LogP) is 0.291. The van der Waals surface area contributed by atoms with Crippen molar-refractivity contribution in [1.82, 2.24) is 14.9 Å². The Kier molecular flexibility index (Phi) is 5.48. The Morgan fingerprint density at radius 3 is 2.90 bits per heavy atom. The number of nitrogen functional groups attached to an aromatic ring is 1. The maximum absolute atomic E-state index is 12.7. The van der Waals surface area contributed by atoms with Crippen LogP contribution in [0.25, 0.3) is 0 Å². The number of amides is 1. The number of likely N-dealkylation sites (tertiary alicyclic amines) is 1. The molecular weight excluding hydrogens is 410 g/mol. The number of carboxylic acid groups (broad SMARTS) is 1. The van der Waals surface area contributed by atoms with Gasteiger partial charge in [0.05, 0.1) is 23.1 Å². The van der Waals surface area contributed by atoms with Gasteiger partial charge in [0, 0.05) is 17.8 Å². The number of carbonyl (C=O) groups excluding carboxylic acids is 1. The van der Waals surface area contributed by atoms with Crippen LogP contribution in [-0.4, -0.2) is 62.2 Å². The summed E-state index contributed by atoms with van der Waals surface area (Å²) in [5, 5.41) is 21.8. The number of aryl methyl sites for hydroxylation is 1. The molecule has 2 aliphatic heterocycles. The van der Waals surface area contributed by atoms with Gasteiger partial charge >= 0.3 is 5.97 Å². The van der Waals surface area contributed by atoms with Crippen molar-refractivity contribution < 1.29 is 19.8 Å². The number of hydrogen-bond donors (Lipinski definition) is 5. The van der Waals surface area contributed by atoms with E-state index in [0.717, 1.165) is 17.7 Å². The van der Waals surface area contributed by atoms with E-state index in [9.17, 15) is 24.6 Å². The summed E-state index contributed by atoms with van der Waals surface area (Å²) in [7, 11) is 0. The third kappa shape index (κ3) is 3.77. The molecule has 0 aliphatic carbocycles. The normalized spacial score (nSPS) is 22.7. The van der Waals surface area contributed by atoms with Gasteiger partial charge in [0.25, 0.3) is 11.5 Å². The fourth-order valence-electron chi connectivity index (χ4n) is 4.05. The highest BCUT2D eigenvalue weighted by molar-refractivity contribution is 7.14. The maximum Gasteiger partial charge on any atom is 0.326 e. The zero-order chi connectivity index (χ0) is 21.4. The number of fused-ring (bicyclic) bond motifs is 1. The Balaban J connectivity index is 1.38. The Bertz CT molecular complexity index is 1030. The van der Waals surface area contributed by atoms with Gasteiger partial charge < -0.3 is 26.2 Å². The van der Waals surface area contributed by atoms with Crippen molar-refractivity contribution in [2.24, 2.45) is 5.92 Å². The molecule has 1 amide bonds. The van der Waals surface area contributed by atoms with Gasteiger partial charge in [-0.3, -0.25) is 14.6 Å². The molecule has 2 aliphatic rings. The van der Waals surface area contributed by atoms with E-state index in [4.69, 9.17) is 5.73 Å². The number of aliphatic hydroxyl groups excluding tert-OH is 1. The van der Waals surface area contributed by atoms with Crippen LogP contribution in [0.5, 0.6) is 0 Å². The van der Waals surface area contributed by atoms with E-state index in [1.54, 1.807) is 6.07 Å². The number of aromatic amines is 1. The Labute approximate surface area is 175 Å². The van der Waals surface area contributed by atoms with Crippen molar-refractivity contribution in [2.45, 2.75) is 37.8 Å². The second-order valence-corrected chi connectivity index (χ2v) is 8.84. The monoisotopic (exact) mass is 433 g/mol. The number of carboxylic acids is 1. The number of aliphatic hydroxyl groups is 1. The molecule has 10 nitrogen and oxygen atoms in total. The number of thiophene rings is 1. The number of H-pyrrole nitrogens is 1. The average molecular weight is 433 g/mol. The van der Waals surface area contributed by atoms with Crippen molar-refractivity contribution in [2.75, 3.05) is 24.2 Å². The van der Waals surface area contributed by atoms with Crippen LogP contribution in [-0.2, 0) is 17.6 Å². The van der Waals surface area contributed by atoms with E-state index in [0.29, 0.717) is 29.2 Å². The summed E-state index contributed by atoms with van der Waals surface area (Å²) in [5.41, 5.74) is 5.96. The summed E-state index contributed by atoms with van der Waals surface area (Å²) < 4.78 is 0. The highest BCUT2D eigenvalue weighted by atomic mass is 32.1.